The summed E-state index contributed by atoms with van der Waals surface area (Å²) < 4.78 is 5.36. The molecule has 1 aromatic rings. The van der Waals surface area contributed by atoms with Crippen LogP contribution in [0.5, 0.6) is 5.75 Å². The van der Waals surface area contributed by atoms with Crippen molar-refractivity contribution in [3.63, 3.8) is 0 Å². The van der Waals surface area contributed by atoms with Crippen molar-refractivity contribution in [3.05, 3.63) is 47.2 Å². The standard InChI is InChI=1S/C13H12O3/c1-3-9-4-5-12-10(6-9)7-11(13(14)15)8(2)16-12/h4-7H,2-3H2,1H3,(H,14,15). The molecule has 0 bridgehead atoms. The molecule has 1 aliphatic rings. The number of carboxylic acids is 1. The number of ether oxygens (including phenoxy) is 1. The Bertz CT molecular complexity index is 498. The van der Waals surface area contributed by atoms with Crippen LogP contribution in [0.15, 0.2) is 36.1 Å². The Morgan fingerprint density at radius 1 is 1.50 bits per heavy atom. The van der Waals surface area contributed by atoms with Gasteiger partial charge in [0.15, 0.2) is 0 Å². The van der Waals surface area contributed by atoms with Gasteiger partial charge in [-0.25, -0.2) is 4.79 Å². The van der Waals surface area contributed by atoms with E-state index in [4.69, 9.17) is 9.84 Å². The van der Waals surface area contributed by atoms with E-state index in [1.165, 1.54) is 0 Å². The fourth-order valence-electron chi connectivity index (χ4n) is 1.63. The quantitative estimate of drug-likeness (QED) is 0.826. The van der Waals surface area contributed by atoms with Crippen molar-refractivity contribution in [3.8, 4) is 5.75 Å². The molecule has 0 unspecified atom stereocenters. The number of carbonyl (C=O) groups is 1. The molecule has 0 atom stereocenters. The van der Waals surface area contributed by atoms with E-state index in [2.05, 4.69) is 6.58 Å². The molecule has 0 amide bonds. The Hall–Kier alpha value is -2.03. The van der Waals surface area contributed by atoms with Gasteiger partial charge in [0.25, 0.3) is 0 Å². The van der Waals surface area contributed by atoms with E-state index in [1.807, 2.05) is 25.1 Å². The van der Waals surface area contributed by atoms with Gasteiger partial charge in [-0.2, -0.15) is 0 Å². The summed E-state index contributed by atoms with van der Waals surface area (Å²) in [6, 6.07) is 5.74. The number of benzene rings is 1. The highest BCUT2D eigenvalue weighted by atomic mass is 16.5. The van der Waals surface area contributed by atoms with Gasteiger partial charge in [0.1, 0.15) is 17.1 Å². The molecular formula is C13H12O3. The highest BCUT2D eigenvalue weighted by molar-refractivity contribution is 5.97. The summed E-state index contributed by atoms with van der Waals surface area (Å²) in [5.41, 5.74) is 2.06. The Morgan fingerprint density at radius 3 is 2.88 bits per heavy atom. The van der Waals surface area contributed by atoms with Crippen molar-refractivity contribution in [1.82, 2.24) is 0 Å². The lowest BCUT2D eigenvalue weighted by Crippen LogP contribution is -2.11. The summed E-state index contributed by atoms with van der Waals surface area (Å²) in [6.07, 6.45) is 2.51. The van der Waals surface area contributed by atoms with Gasteiger partial charge in [0, 0.05) is 5.56 Å². The first-order valence-corrected chi connectivity index (χ1v) is 5.07. The van der Waals surface area contributed by atoms with Crippen LogP contribution in [0.4, 0.5) is 0 Å². The van der Waals surface area contributed by atoms with E-state index < -0.39 is 5.97 Å². The van der Waals surface area contributed by atoms with Crippen LogP contribution in [-0.2, 0) is 11.2 Å². The van der Waals surface area contributed by atoms with Gasteiger partial charge >= 0.3 is 5.97 Å². The number of rotatable bonds is 2. The van der Waals surface area contributed by atoms with Crippen molar-refractivity contribution in [2.45, 2.75) is 13.3 Å². The van der Waals surface area contributed by atoms with E-state index in [-0.39, 0.29) is 11.3 Å². The fraction of sp³-hybridized carbons (Fsp3) is 0.154. The number of fused-ring (bicyclic) bond motifs is 1. The van der Waals surface area contributed by atoms with Crippen LogP contribution in [0.25, 0.3) is 6.08 Å². The lowest BCUT2D eigenvalue weighted by Gasteiger charge is -2.17. The third-order valence-corrected chi connectivity index (χ3v) is 2.55. The third kappa shape index (κ3) is 1.72. The zero-order valence-electron chi connectivity index (χ0n) is 8.99. The number of aryl methyl sites for hydroxylation is 1. The molecule has 1 N–H and O–H groups in total. The summed E-state index contributed by atoms with van der Waals surface area (Å²) in [5.74, 6) is -0.172. The van der Waals surface area contributed by atoms with Crippen molar-refractivity contribution < 1.29 is 14.6 Å². The molecule has 16 heavy (non-hydrogen) atoms. The first-order valence-electron chi connectivity index (χ1n) is 5.07. The van der Waals surface area contributed by atoms with Gasteiger partial charge in [0.2, 0.25) is 0 Å². The summed E-state index contributed by atoms with van der Waals surface area (Å²) in [7, 11) is 0. The van der Waals surface area contributed by atoms with E-state index in [0.717, 1.165) is 17.5 Å². The zero-order valence-corrected chi connectivity index (χ0v) is 8.99. The topological polar surface area (TPSA) is 46.5 Å². The number of carboxylic acid groups (broad SMARTS) is 1. The Morgan fingerprint density at radius 2 is 2.25 bits per heavy atom. The average Bonchev–Trinajstić information content (AvgIpc) is 2.27. The maximum atomic E-state index is 10.9. The zero-order chi connectivity index (χ0) is 11.7. The van der Waals surface area contributed by atoms with E-state index >= 15 is 0 Å². The van der Waals surface area contributed by atoms with E-state index in [9.17, 15) is 4.79 Å². The second-order valence-electron chi connectivity index (χ2n) is 3.61. The minimum Gasteiger partial charge on any atom is -0.478 e. The lowest BCUT2D eigenvalue weighted by atomic mass is 10.0. The first-order chi connectivity index (χ1) is 7.61. The SMILES string of the molecule is C=C1Oc2ccc(CC)cc2C=C1C(=O)O. The van der Waals surface area contributed by atoms with Crippen LogP contribution in [-0.4, -0.2) is 11.1 Å². The van der Waals surface area contributed by atoms with Crippen LogP contribution >= 0.6 is 0 Å². The molecule has 3 heteroatoms. The second-order valence-corrected chi connectivity index (χ2v) is 3.61. The van der Waals surface area contributed by atoms with E-state index in [1.54, 1.807) is 6.08 Å². The minimum absolute atomic E-state index is 0.112. The van der Waals surface area contributed by atoms with Crippen LogP contribution in [0.1, 0.15) is 18.1 Å². The molecular weight excluding hydrogens is 204 g/mol. The Balaban J connectivity index is 2.52. The summed E-state index contributed by atoms with van der Waals surface area (Å²) in [6.45, 7) is 5.63. The van der Waals surface area contributed by atoms with Gasteiger partial charge in [-0.15, -0.1) is 0 Å². The number of aliphatic carboxylic acids is 1. The monoisotopic (exact) mass is 216 g/mol. The maximum absolute atomic E-state index is 10.9. The summed E-state index contributed by atoms with van der Waals surface area (Å²) in [4.78, 5) is 10.9. The predicted molar refractivity (Wildman–Crippen MR) is 61.2 cm³/mol. The molecule has 0 aromatic heterocycles. The molecule has 0 saturated heterocycles. The molecule has 0 aliphatic carbocycles. The normalized spacial score (nSPS) is 13.8. The Kier molecular flexibility index (Phi) is 2.52. The van der Waals surface area contributed by atoms with Gasteiger partial charge in [-0.1, -0.05) is 19.6 Å². The second kappa shape index (κ2) is 3.85. The molecule has 2 rings (SSSR count). The summed E-state index contributed by atoms with van der Waals surface area (Å²) >= 11 is 0. The van der Waals surface area contributed by atoms with Crippen LogP contribution in [0.3, 0.4) is 0 Å². The van der Waals surface area contributed by atoms with Gasteiger partial charge in [-0.05, 0) is 30.2 Å². The molecule has 1 heterocycles. The molecule has 3 nitrogen and oxygen atoms in total. The molecule has 0 fully saturated rings. The smallest absolute Gasteiger partial charge is 0.339 e. The molecule has 82 valence electrons. The number of hydrogen-bond acceptors (Lipinski definition) is 2. The van der Waals surface area contributed by atoms with Gasteiger partial charge < -0.3 is 9.84 Å². The van der Waals surface area contributed by atoms with Crippen molar-refractivity contribution in [1.29, 1.82) is 0 Å². The molecule has 1 aromatic carbocycles. The average molecular weight is 216 g/mol. The fourth-order valence-corrected chi connectivity index (χ4v) is 1.63. The van der Waals surface area contributed by atoms with Crippen LogP contribution in [0.2, 0.25) is 0 Å². The lowest BCUT2D eigenvalue weighted by molar-refractivity contribution is -0.132. The first kappa shape index (κ1) is 10.5. The number of hydrogen-bond donors (Lipinski definition) is 1. The highest BCUT2D eigenvalue weighted by Gasteiger charge is 2.20. The van der Waals surface area contributed by atoms with Crippen molar-refractivity contribution in [2.75, 3.05) is 0 Å². The Labute approximate surface area is 93.7 Å². The molecule has 0 spiro atoms. The van der Waals surface area contributed by atoms with Gasteiger partial charge in [-0.3, -0.25) is 0 Å². The van der Waals surface area contributed by atoms with Crippen LogP contribution in [0, 0.1) is 0 Å². The molecule has 0 saturated carbocycles. The summed E-state index contributed by atoms with van der Waals surface area (Å²) in [5, 5.41) is 8.95. The molecule has 0 radical (unpaired) electrons. The van der Waals surface area contributed by atoms with Crippen molar-refractivity contribution >= 4 is 12.0 Å². The largest absolute Gasteiger partial charge is 0.478 e. The predicted octanol–water partition coefficient (Wildman–Crippen LogP) is 2.62. The minimum atomic E-state index is -1.02. The third-order valence-electron chi connectivity index (χ3n) is 2.55. The van der Waals surface area contributed by atoms with E-state index in [0.29, 0.717) is 5.75 Å². The van der Waals surface area contributed by atoms with Crippen LogP contribution < -0.4 is 4.74 Å². The van der Waals surface area contributed by atoms with Crippen molar-refractivity contribution in [2.24, 2.45) is 0 Å². The molecule has 1 aliphatic heterocycles. The highest BCUT2D eigenvalue weighted by Crippen LogP contribution is 2.31. The van der Waals surface area contributed by atoms with Gasteiger partial charge in [0.05, 0.1) is 0 Å². The maximum Gasteiger partial charge on any atom is 0.339 e.